The van der Waals surface area contributed by atoms with Crippen LogP contribution in [0.15, 0.2) is 66.4 Å². The van der Waals surface area contributed by atoms with Crippen molar-refractivity contribution in [3.8, 4) is 5.75 Å². The number of nitrogens with zero attached hydrogens (tertiary/aromatic N) is 2. The number of hydrogen-bond acceptors (Lipinski definition) is 5. The molecule has 3 aromatic carbocycles. The van der Waals surface area contributed by atoms with Gasteiger partial charge < -0.3 is 4.74 Å². The molecule has 4 rings (SSSR count). The number of ether oxygens (including phenoxy) is 1. The van der Waals surface area contributed by atoms with E-state index in [1.54, 1.807) is 6.07 Å². The van der Waals surface area contributed by atoms with Crippen LogP contribution in [-0.4, -0.2) is 9.85 Å². The van der Waals surface area contributed by atoms with Gasteiger partial charge in [0.2, 0.25) is 6.10 Å². The molecule has 26 heavy (non-hydrogen) atoms. The summed E-state index contributed by atoms with van der Waals surface area (Å²) in [4.78, 5) is 21.5. The van der Waals surface area contributed by atoms with Crippen molar-refractivity contribution >= 4 is 22.5 Å². The predicted molar refractivity (Wildman–Crippen MR) is 95.4 cm³/mol. The highest BCUT2D eigenvalue weighted by Gasteiger charge is 2.34. The van der Waals surface area contributed by atoms with Crippen molar-refractivity contribution in [2.24, 2.45) is 0 Å². The molecule has 0 fully saturated rings. The molecular formula is C19H12N2O5. The van der Waals surface area contributed by atoms with E-state index in [0.717, 1.165) is 10.8 Å². The number of benzene rings is 3. The summed E-state index contributed by atoms with van der Waals surface area (Å²) in [5, 5.41) is 24.4. The van der Waals surface area contributed by atoms with Crippen LogP contribution < -0.4 is 4.74 Å². The van der Waals surface area contributed by atoms with Crippen molar-refractivity contribution in [1.82, 2.24) is 0 Å². The summed E-state index contributed by atoms with van der Waals surface area (Å²) < 4.78 is 5.90. The fourth-order valence-corrected chi connectivity index (χ4v) is 3.14. The molecule has 0 amide bonds. The second-order valence-corrected chi connectivity index (χ2v) is 5.87. The fourth-order valence-electron chi connectivity index (χ4n) is 3.14. The average molecular weight is 348 g/mol. The lowest BCUT2D eigenvalue weighted by atomic mass is 9.96. The van der Waals surface area contributed by atoms with Gasteiger partial charge in [-0.3, -0.25) is 20.2 Å². The Morgan fingerprint density at radius 1 is 0.885 bits per heavy atom. The Bertz CT molecular complexity index is 1080. The Morgan fingerprint density at radius 2 is 1.65 bits per heavy atom. The van der Waals surface area contributed by atoms with Crippen molar-refractivity contribution in [3.63, 3.8) is 0 Å². The van der Waals surface area contributed by atoms with Gasteiger partial charge in [0, 0.05) is 29.3 Å². The number of rotatable bonds is 3. The van der Waals surface area contributed by atoms with Crippen molar-refractivity contribution in [3.05, 3.63) is 97.7 Å². The largest absolute Gasteiger partial charge is 0.474 e. The lowest BCUT2D eigenvalue weighted by Gasteiger charge is -2.23. The van der Waals surface area contributed by atoms with Gasteiger partial charge in [0.25, 0.3) is 11.4 Å². The van der Waals surface area contributed by atoms with Gasteiger partial charge in [-0.1, -0.05) is 42.5 Å². The Morgan fingerprint density at radius 3 is 2.42 bits per heavy atom. The second-order valence-electron chi connectivity index (χ2n) is 5.87. The molecule has 3 aromatic rings. The molecule has 128 valence electrons. The van der Waals surface area contributed by atoms with Gasteiger partial charge in [-0.2, -0.15) is 0 Å². The van der Waals surface area contributed by atoms with E-state index in [9.17, 15) is 20.2 Å². The molecule has 1 aliphatic heterocycles. The highest BCUT2D eigenvalue weighted by atomic mass is 16.6. The van der Waals surface area contributed by atoms with Gasteiger partial charge in [-0.25, -0.2) is 0 Å². The van der Waals surface area contributed by atoms with E-state index < -0.39 is 16.0 Å². The maximum absolute atomic E-state index is 11.6. The first-order valence-electron chi connectivity index (χ1n) is 7.83. The van der Waals surface area contributed by atoms with E-state index in [4.69, 9.17) is 4.74 Å². The van der Waals surface area contributed by atoms with Crippen LogP contribution in [0.1, 0.15) is 17.2 Å². The first-order valence-corrected chi connectivity index (χ1v) is 7.83. The van der Waals surface area contributed by atoms with Crippen LogP contribution in [-0.2, 0) is 0 Å². The minimum Gasteiger partial charge on any atom is -0.474 e. The number of non-ortho nitro benzene ring substituents is 1. The van der Waals surface area contributed by atoms with Crippen molar-refractivity contribution in [2.75, 3.05) is 0 Å². The number of nitro groups is 2. The zero-order chi connectivity index (χ0) is 18.3. The van der Waals surface area contributed by atoms with E-state index in [1.165, 1.54) is 24.3 Å². The molecule has 0 aliphatic carbocycles. The van der Waals surface area contributed by atoms with Gasteiger partial charge in [-0.15, -0.1) is 0 Å². The molecule has 7 heteroatoms. The van der Waals surface area contributed by atoms with Crippen LogP contribution >= 0.6 is 0 Å². The van der Waals surface area contributed by atoms with Crippen LogP contribution in [0, 0.1) is 20.2 Å². The monoisotopic (exact) mass is 348 g/mol. The summed E-state index contributed by atoms with van der Waals surface area (Å²) in [6.07, 6.45) is 0.447. The van der Waals surface area contributed by atoms with E-state index in [-0.39, 0.29) is 11.4 Å². The van der Waals surface area contributed by atoms with Gasteiger partial charge >= 0.3 is 0 Å². The normalized spacial score (nSPS) is 15.7. The SMILES string of the molecule is O=[N+]([O-])C1=Cc2cc([N+](=O)[O-])ccc2OC1c1cccc2ccccc12. The van der Waals surface area contributed by atoms with E-state index in [2.05, 4.69) is 0 Å². The van der Waals surface area contributed by atoms with Crippen LogP contribution in [0.4, 0.5) is 5.69 Å². The summed E-state index contributed by atoms with van der Waals surface area (Å²) in [5.74, 6) is 0.374. The van der Waals surface area contributed by atoms with Crippen LogP contribution in [0.2, 0.25) is 0 Å². The predicted octanol–water partition coefficient (Wildman–Crippen LogP) is 4.50. The first-order chi connectivity index (χ1) is 12.5. The molecule has 0 saturated carbocycles. The Hall–Kier alpha value is -3.74. The summed E-state index contributed by atoms with van der Waals surface area (Å²) in [6, 6.07) is 17.2. The Balaban J connectivity index is 1.88. The van der Waals surface area contributed by atoms with Crippen LogP contribution in [0.25, 0.3) is 16.8 Å². The van der Waals surface area contributed by atoms with Crippen molar-refractivity contribution in [1.29, 1.82) is 0 Å². The summed E-state index contributed by atoms with van der Waals surface area (Å²) in [7, 11) is 0. The van der Waals surface area contributed by atoms with Gasteiger partial charge in [-0.05, 0) is 16.8 Å². The van der Waals surface area contributed by atoms with E-state index in [1.807, 2.05) is 36.4 Å². The highest BCUT2D eigenvalue weighted by molar-refractivity contribution is 5.86. The molecule has 1 unspecified atom stereocenters. The molecule has 0 aromatic heterocycles. The molecule has 1 atom stereocenters. The molecule has 1 heterocycles. The third-order valence-corrected chi connectivity index (χ3v) is 4.34. The number of hydrogen-bond donors (Lipinski definition) is 0. The molecule has 0 bridgehead atoms. The summed E-state index contributed by atoms with van der Waals surface area (Å²) in [5.41, 5.74) is 0.696. The lowest BCUT2D eigenvalue weighted by Crippen LogP contribution is -2.20. The molecule has 0 radical (unpaired) electrons. The van der Waals surface area contributed by atoms with Gasteiger partial charge in [0.05, 0.1) is 9.85 Å². The zero-order valence-electron chi connectivity index (χ0n) is 13.4. The minimum absolute atomic E-state index is 0.144. The number of nitro benzene ring substituents is 1. The standard InChI is InChI=1S/C19H12N2O5/c22-20(23)14-8-9-18-13(10-14)11-17(21(24)25)19(26-18)16-7-3-5-12-4-1-2-6-15(12)16/h1-11,19H. The Labute approximate surface area is 147 Å². The molecular weight excluding hydrogens is 336 g/mol. The topological polar surface area (TPSA) is 95.5 Å². The zero-order valence-corrected chi connectivity index (χ0v) is 13.4. The van der Waals surface area contributed by atoms with Gasteiger partial charge in [0.1, 0.15) is 5.75 Å². The molecule has 7 nitrogen and oxygen atoms in total. The maximum atomic E-state index is 11.6. The smallest absolute Gasteiger partial charge is 0.291 e. The molecule has 0 N–H and O–H groups in total. The third-order valence-electron chi connectivity index (χ3n) is 4.34. The molecule has 0 saturated heterocycles. The van der Waals surface area contributed by atoms with Crippen molar-refractivity contribution in [2.45, 2.75) is 6.10 Å². The first kappa shape index (κ1) is 15.8. The molecule has 1 aliphatic rings. The van der Waals surface area contributed by atoms with Crippen molar-refractivity contribution < 1.29 is 14.6 Å². The van der Waals surface area contributed by atoms with Crippen LogP contribution in [0.5, 0.6) is 5.75 Å². The minimum atomic E-state index is -0.898. The quantitative estimate of drug-likeness (QED) is 0.513. The van der Waals surface area contributed by atoms with E-state index in [0.29, 0.717) is 16.9 Å². The average Bonchev–Trinajstić information content (AvgIpc) is 2.66. The highest BCUT2D eigenvalue weighted by Crippen LogP contribution is 2.40. The Kier molecular flexibility index (Phi) is 3.62. The third kappa shape index (κ3) is 2.55. The fraction of sp³-hybridized carbons (Fsp3) is 0.0526. The lowest BCUT2D eigenvalue weighted by molar-refractivity contribution is -0.434. The maximum Gasteiger partial charge on any atom is 0.291 e. The number of fused-ring (bicyclic) bond motifs is 2. The second kappa shape index (κ2) is 5.96. The summed E-state index contributed by atoms with van der Waals surface area (Å²) >= 11 is 0. The van der Waals surface area contributed by atoms with Crippen LogP contribution in [0.3, 0.4) is 0 Å². The summed E-state index contributed by atoms with van der Waals surface area (Å²) in [6.45, 7) is 0. The van der Waals surface area contributed by atoms with E-state index >= 15 is 0 Å². The van der Waals surface area contributed by atoms with Gasteiger partial charge in [0.15, 0.2) is 0 Å². The molecule has 0 spiro atoms.